The van der Waals surface area contributed by atoms with Crippen LogP contribution in [0.2, 0.25) is 0 Å². The van der Waals surface area contributed by atoms with Crippen LogP contribution in [-0.4, -0.2) is 20.5 Å². The average Bonchev–Trinajstić information content (AvgIpc) is 3.60. The van der Waals surface area contributed by atoms with Crippen LogP contribution in [0.3, 0.4) is 0 Å². The zero-order chi connectivity index (χ0) is 26.3. The van der Waals surface area contributed by atoms with Gasteiger partial charge in [0.2, 0.25) is 5.95 Å². The van der Waals surface area contributed by atoms with Gasteiger partial charge in [0, 0.05) is 34.0 Å². The van der Waals surface area contributed by atoms with Gasteiger partial charge in [-0.05, 0) is 60.7 Å². The molecule has 8 heteroatoms. The maximum absolute atomic E-state index is 12.8. The van der Waals surface area contributed by atoms with E-state index in [1.807, 2.05) is 71.6 Å². The van der Waals surface area contributed by atoms with Crippen LogP contribution in [0.15, 0.2) is 120 Å². The van der Waals surface area contributed by atoms with Gasteiger partial charge in [-0.1, -0.05) is 42.5 Å². The van der Waals surface area contributed by atoms with Crippen molar-refractivity contribution >= 4 is 62.1 Å². The fourth-order valence-corrected chi connectivity index (χ4v) is 4.86. The van der Waals surface area contributed by atoms with Crippen LogP contribution in [0.4, 0.5) is 28.7 Å². The lowest BCUT2D eigenvalue weighted by Crippen LogP contribution is -2.17. The number of benzene rings is 4. The first-order valence-electron chi connectivity index (χ1n) is 12.4. The summed E-state index contributed by atoms with van der Waals surface area (Å²) in [6, 6.07) is 32.4. The highest BCUT2D eigenvalue weighted by atomic mass is 16.3. The van der Waals surface area contributed by atoms with Gasteiger partial charge >= 0.3 is 0 Å². The van der Waals surface area contributed by atoms with Gasteiger partial charge in [0.25, 0.3) is 5.91 Å². The molecule has 7 aromatic rings. The van der Waals surface area contributed by atoms with Crippen molar-refractivity contribution in [1.82, 2.24) is 14.6 Å². The van der Waals surface area contributed by atoms with Gasteiger partial charge in [0.05, 0.1) is 23.0 Å². The van der Waals surface area contributed by atoms with Crippen LogP contribution in [0.5, 0.6) is 0 Å². The molecule has 0 radical (unpaired) electrons. The highest BCUT2D eigenvalue weighted by Crippen LogP contribution is 2.41. The van der Waals surface area contributed by atoms with E-state index in [9.17, 15) is 4.79 Å². The van der Waals surface area contributed by atoms with Gasteiger partial charge in [-0.15, -0.1) is 0 Å². The van der Waals surface area contributed by atoms with E-state index in [-0.39, 0.29) is 5.91 Å². The number of rotatable bonds is 5. The molecule has 0 atom stereocenters. The Morgan fingerprint density at radius 3 is 2.46 bits per heavy atom. The van der Waals surface area contributed by atoms with Crippen molar-refractivity contribution in [2.24, 2.45) is 0 Å². The fourth-order valence-electron chi connectivity index (χ4n) is 4.86. The lowest BCUT2D eigenvalue weighted by atomic mass is 10.1. The lowest BCUT2D eigenvalue weighted by Gasteiger charge is -2.24. The molecule has 0 saturated heterocycles. The van der Waals surface area contributed by atoms with Crippen molar-refractivity contribution in [1.29, 1.82) is 0 Å². The molecular weight excluding hydrogens is 488 g/mol. The second-order valence-electron chi connectivity index (χ2n) is 9.09. The number of nitrogen functional groups attached to an aromatic ring is 1. The predicted molar refractivity (Wildman–Crippen MR) is 154 cm³/mol. The maximum Gasteiger partial charge on any atom is 0.257 e. The topological polar surface area (TPSA) is 102 Å². The standard InChI is InChI=1S/C31H22N6O2/c32-26-9-3-1-7-25(26)30(38)35-20-12-14-21(15-13-20)36(31-33-18-16-22-17-19-34-37(22)31)27-10-5-8-24-23-6-2-4-11-28(23)39-29(24)27/h1-19H,32H2,(H,35,38). The van der Waals surface area contributed by atoms with Crippen molar-refractivity contribution in [3.8, 4) is 0 Å². The van der Waals surface area contributed by atoms with Crippen LogP contribution in [-0.2, 0) is 0 Å². The van der Waals surface area contributed by atoms with Crippen molar-refractivity contribution in [2.45, 2.75) is 0 Å². The van der Waals surface area contributed by atoms with Crippen molar-refractivity contribution in [2.75, 3.05) is 16.0 Å². The van der Waals surface area contributed by atoms with Crippen LogP contribution in [0.1, 0.15) is 10.4 Å². The van der Waals surface area contributed by atoms with Crippen molar-refractivity contribution in [3.63, 3.8) is 0 Å². The van der Waals surface area contributed by atoms with E-state index >= 15 is 0 Å². The van der Waals surface area contributed by atoms with Crippen LogP contribution < -0.4 is 16.0 Å². The molecule has 1 amide bonds. The molecule has 0 saturated carbocycles. The first-order chi connectivity index (χ1) is 19.2. The Bertz CT molecular complexity index is 1990. The molecule has 7 rings (SSSR count). The summed E-state index contributed by atoms with van der Waals surface area (Å²) < 4.78 is 8.16. The Balaban J connectivity index is 1.35. The summed E-state index contributed by atoms with van der Waals surface area (Å²) in [6.07, 6.45) is 3.51. The monoisotopic (exact) mass is 510 g/mol. The number of carbonyl (C=O) groups excluding carboxylic acids is 1. The third-order valence-electron chi connectivity index (χ3n) is 6.71. The van der Waals surface area contributed by atoms with Crippen LogP contribution in [0, 0.1) is 0 Å². The van der Waals surface area contributed by atoms with E-state index in [2.05, 4.69) is 22.5 Å². The number of fused-ring (bicyclic) bond motifs is 4. The van der Waals surface area contributed by atoms with E-state index in [1.165, 1.54) is 0 Å². The van der Waals surface area contributed by atoms with Gasteiger partial charge < -0.3 is 15.5 Å². The Kier molecular flexibility index (Phi) is 5.23. The molecule has 3 heterocycles. The SMILES string of the molecule is Nc1ccccc1C(=O)Nc1ccc(N(c2cccc3c2oc2ccccc23)c2nccc3ccnn23)cc1. The van der Waals surface area contributed by atoms with Gasteiger partial charge in [-0.25, -0.2) is 4.98 Å². The number of carbonyl (C=O) groups is 1. The summed E-state index contributed by atoms with van der Waals surface area (Å²) in [4.78, 5) is 19.5. The van der Waals surface area contributed by atoms with Gasteiger partial charge in [0.1, 0.15) is 5.58 Å². The summed E-state index contributed by atoms with van der Waals surface area (Å²) in [6.45, 7) is 0. The molecule has 188 valence electrons. The van der Waals surface area contributed by atoms with Crippen LogP contribution >= 0.6 is 0 Å². The summed E-state index contributed by atoms with van der Waals surface area (Å²) >= 11 is 0. The van der Waals surface area contributed by atoms with E-state index in [0.717, 1.165) is 38.8 Å². The van der Waals surface area contributed by atoms with Crippen LogP contribution in [0.25, 0.3) is 27.5 Å². The molecule has 0 fully saturated rings. The molecule has 8 nitrogen and oxygen atoms in total. The Morgan fingerprint density at radius 2 is 1.59 bits per heavy atom. The fraction of sp³-hybridized carbons (Fsp3) is 0. The first-order valence-corrected chi connectivity index (χ1v) is 12.4. The number of aromatic nitrogens is 3. The molecule has 0 aliphatic heterocycles. The normalized spacial score (nSPS) is 11.3. The molecule has 3 N–H and O–H groups in total. The highest BCUT2D eigenvalue weighted by molar-refractivity contribution is 6.10. The minimum absolute atomic E-state index is 0.271. The summed E-state index contributed by atoms with van der Waals surface area (Å²) in [7, 11) is 0. The lowest BCUT2D eigenvalue weighted by molar-refractivity contribution is 0.102. The van der Waals surface area contributed by atoms with E-state index in [1.54, 1.807) is 41.2 Å². The van der Waals surface area contributed by atoms with Crippen molar-refractivity contribution in [3.05, 3.63) is 121 Å². The molecule has 39 heavy (non-hydrogen) atoms. The number of para-hydroxylation sites is 3. The quantitative estimate of drug-likeness (QED) is 0.243. The minimum Gasteiger partial charge on any atom is -0.454 e. The van der Waals surface area contributed by atoms with E-state index in [0.29, 0.717) is 22.9 Å². The summed E-state index contributed by atoms with van der Waals surface area (Å²) in [5.41, 5.74) is 11.6. The third kappa shape index (κ3) is 3.82. The molecular formula is C31H22N6O2. The van der Waals surface area contributed by atoms with Gasteiger partial charge in [0.15, 0.2) is 5.58 Å². The molecule has 0 bridgehead atoms. The number of nitrogens with zero attached hydrogens (tertiary/aromatic N) is 4. The summed E-state index contributed by atoms with van der Waals surface area (Å²) in [5, 5.41) is 9.50. The van der Waals surface area contributed by atoms with E-state index in [4.69, 9.17) is 15.1 Å². The largest absolute Gasteiger partial charge is 0.454 e. The Morgan fingerprint density at radius 1 is 0.821 bits per heavy atom. The number of nitrogens with one attached hydrogen (secondary N) is 1. The zero-order valence-corrected chi connectivity index (χ0v) is 20.7. The smallest absolute Gasteiger partial charge is 0.257 e. The molecule has 4 aromatic carbocycles. The molecule has 0 aliphatic carbocycles. The minimum atomic E-state index is -0.271. The maximum atomic E-state index is 12.8. The molecule has 0 aliphatic rings. The number of amides is 1. The van der Waals surface area contributed by atoms with Crippen molar-refractivity contribution < 1.29 is 9.21 Å². The molecule has 0 unspecified atom stereocenters. The second-order valence-corrected chi connectivity index (χ2v) is 9.09. The Labute approximate surface area is 222 Å². The van der Waals surface area contributed by atoms with Gasteiger partial charge in [-0.2, -0.15) is 9.61 Å². The van der Waals surface area contributed by atoms with E-state index < -0.39 is 0 Å². The number of furan rings is 1. The number of nitrogens with two attached hydrogens (primary N) is 1. The zero-order valence-electron chi connectivity index (χ0n) is 20.7. The number of hydrogen-bond acceptors (Lipinski definition) is 6. The average molecular weight is 511 g/mol. The van der Waals surface area contributed by atoms with Gasteiger partial charge in [-0.3, -0.25) is 9.69 Å². The highest BCUT2D eigenvalue weighted by Gasteiger charge is 2.22. The Hall–Kier alpha value is -5.63. The first kappa shape index (κ1) is 22.6. The summed E-state index contributed by atoms with van der Waals surface area (Å²) in [5.74, 6) is 0.326. The third-order valence-corrected chi connectivity index (χ3v) is 6.71. The number of hydrogen-bond donors (Lipinski definition) is 2. The molecule has 0 spiro atoms. The molecule has 3 aromatic heterocycles. The number of anilines is 5. The second kappa shape index (κ2) is 9.04. The predicted octanol–water partition coefficient (Wildman–Crippen LogP) is 6.93.